The van der Waals surface area contributed by atoms with Gasteiger partial charge in [-0.3, -0.25) is 4.79 Å². The number of carbonyl (C=O) groups excluding carboxylic acids is 1. The van der Waals surface area contributed by atoms with Gasteiger partial charge in [0, 0.05) is 11.3 Å². The number of rotatable bonds is 2. The lowest BCUT2D eigenvalue weighted by Gasteiger charge is -2.43. The van der Waals surface area contributed by atoms with Crippen molar-refractivity contribution in [2.75, 3.05) is 12.4 Å². The van der Waals surface area contributed by atoms with E-state index in [9.17, 15) is 9.18 Å². The topological polar surface area (TPSA) is 51.2 Å². The van der Waals surface area contributed by atoms with Gasteiger partial charge in [0.1, 0.15) is 5.82 Å². The Morgan fingerprint density at radius 2 is 1.81 bits per heavy atom. The number of fused-ring (bicyclic) bond motifs is 3. The molecule has 142 valence electrons. The zero-order valence-corrected chi connectivity index (χ0v) is 16.5. The fraction of sp³-hybridized carbons (Fsp3) is 0.455. The van der Waals surface area contributed by atoms with Crippen molar-refractivity contribution >= 4 is 11.5 Å². The van der Waals surface area contributed by atoms with E-state index >= 15 is 0 Å². The molecule has 0 saturated carbocycles. The second-order valence-electron chi connectivity index (χ2n) is 8.57. The number of hydrogen-bond acceptors (Lipinski definition) is 4. The zero-order chi connectivity index (χ0) is 19.6. The van der Waals surface area contributed by atoms with Gasteiger partial charge in [-0.15, -0.1) is 0 Å². The maximum atomic E-state index is 14.0. The van der Waals surface area contributed by atoms with E-state index in [0.29, 0.717) is 11.4 Å². The normalized spacial score (nSPS) is 19.3. The molecule has 1 aromatic heterocycles. The molecule has 27 heavy (non-hydrogen) atoms. The van der Waals surface area contributed by atoms with E-state index in [1.807, 2.05) is 33.8 Å². The van der Waals surface area contributed by atoms with Crippen LogP contribution in [0.5, 0.6) is 5.88 Å². The molecule has 0 radical (unpaired) electrons. The Balaban J connectivity index is 2.04. The Kier molecular flexibility index (Phi) is 3.85. The molecule has 0 amide bonds. The Morgan fingerprint density at radius 1 is 1.11 bits per heavy atom. The van der Waals surface area contributed by atoms with Gasteiger partial charge in [-0.2, -0.15) is 0 Å². The van der Waals surface area contributed by atoms with Gasteiger partial charge in [0.2, 0.25) is 5.88 Å². The average Bonchev–Trinajstić information content (AvgIpc) is 3.10. The third-order valence-corrected chi connectivity index (χ3v) is 5.95. The number of ketones is 1. The van der Waals surface area contributed by atoms with E-state index in [1.165, 1.54) is 23.4 Å². The second-order valence-corrected chi connectivity index (χ2v) is 8.57. The van der Waals surface area contributed by atoms with Crippen LogP contribution in [0.25, 0.3) is 11.1 Å². The lowest BCUT2D eigenvalue weighted by molar-refractivity contribution is -0.127. The van der Waals surface area contributed by atoms with Crippen molar-refractivity contribution in [1.29, 1.82) is 0 Å². The molecule has 4 nitrogen and oxygen atoms in total. The predicted octanol–water partition coefficient (Wildman–Crippen LogP) is 4.44. The molecule has 2 heterocycles. The minimum Gasteiger partial charge on any atom is -0.481 e. The molecule has 4 rings (SSSR count). The highest BCUT2D eigenvalue weighted by Crippen LogP contribution is 2.49. The molecule has 2 aromatic rings. The number of nitrogens with zero attached hydrogens (tertiary/aromatic N) is 1. The molecule has 2 aliphatic rings. The summed E-state index contributed by atoms with van der Waals surface area (Å²) in [5, 5.41) is 3.49. The number of anilines is 1. The van der Waals surface area contributed by atoms with Crippen molar-refractivity contribution in [3.05, 3.63) is 40.8 Å². The van der Waals surface area contributed by atoms with Gasteiger partial charge in [0.25, 0.3) is 0 Å². The first-order chi connectivity index (χ1) is 12.7. The number of pyridine rings is 1. The van der Waals surface area contributed by atoms with Crippen LogP contribution in [0, 0.1) is 5.82 Å². The number of hydrogen-bond donors (Lipinski definition) is 1. The smallest absolute Gasteiger partial charge is 0.221 e. The lowest BCUT2D eigenvalue weighted by atomic mass is 9.68. The van der Waals surface area contributed by atoms with Gasteiger partial charge >= 0.3 is 0 Å². The van der Waals surface area contributed by atoms with Crippen molar-refractivity contribution in [2.45, 2.75) is 57.9 Å². The summed E-state index contributed by atoms with van der Waals surface area (Å²) >= 11 is 0. The maximum absolute atomic E-state index is 14.0. The number of benzene rings is 1. The molecule has 1 aromatic carbocycles. The highest BCUT2D eigenvalue weighted by Gasteiger charge is 2.47. The highest BCUT2D eigenvalue weighted by molar-refractivity contribution is 6.04. The first kappa shape index (κ1) is 18.0. The Labute approximate surface area is 159 Å². The quantitative estimate of drug-likeness (QED) is 0.852. The van der Waals surface area contributed by atoms with Crippen LogP contribution in [0.1, 0.15) is 50.8 Å². The van der Waals surface area contributed by atoms with Crippen molar-refractivity contribution in [1.82, 2.24) is 4.98 Å². The minimum absolute atomic E-state index is 0.149. The summed E-state index contributed by atoms with van der Waals surface area (Å²) in [6, 6.07) is 3.51. The third kappa shape index (κ3) is 2.55. The van der Waals surface area contributed by atoms with E-state index < -0.39 is 16.8 Å². The van der Waals surface area contributed by atoms with Gasteiger partial charge in [-0.05, 0) is 81.3 Å². The van der Waals surface area contributed by atoms with E-state index in [-0.39, 0.29) is 5.78 Å². The summed E-state index contributed by atoms with van der Waals surface area (Å²) in [6.07, 6.45) is 4.08. The summed E-state index contributed by atoms with van der Waals surface area (Å²) in [5.74, 6) is 0.152. The van der Waals surface area contributed by atoms with Gasteiger partial charge < -0.3 is 10.1 Å². The number of aromatic nitrogens is 1. The number of halogens is 1. The molecular weight excluding hydrogens is 343 g/mol. The molecule has 0 saturated heterocycles. The SMILES string of the molecule is COc1ncc(F)cc1-c1cc2c(c3c1CCC3)NC(C)(C)C(=O)C2(C)C. The van der Waals surface area contributed by atoms with Crippen molar-refractivity contribution < 1.29 is 13.9 Å². The fourth-order valence-corrected chi connectivity index (χ4v) is 4.71. The molecule has 0 atom stereocenters. The number of ether oxygens (including phenoxy) is 1. The van der Waals surface area contributed by atoms with E-state index in [2.05, 4.69) is 10.3 Å². The van der Waals surface area contributed by atoms with Crippen LogP contribution >= 0.6 is 0 Å². The van der Waals surface area contributed by atoms with Crippen LogP contribution in [0.15, 0.2) is 18.3 Å². The van der Waals surface area contributed by atoms with Crippen LogP contribution in [-0.4, -0.2) is 23.4 Å². The molecule has 5 heteroatoms. The molecule has 1 N–H and O–H groups in total. The van der Waals surface area contributed by atoms with Crippen LogP contribution in [-0.2, 0) is 23.1 Å². The fourth-order valence-electron chi connectivity index (χ4n) is 4.71. The average molecular weight is 368 g/mol. The standard InChI is InChI=1S/C22H25FN2O2/c1-21(2)17-10-15(16-9-12(23)11-24-19(16)27-5)13-7-6-8-14(13)18(17)25-22(3,4)20(21)26/h9-11,25H,6-8H2,1-5H3. The van der Waals surface area contributed by atoms with E-state index in [1.54, 1.807) is 7.11 Å². The summed E-state index contributed by atoms with van der Waals surface area (Å²) in [4.78, 5) is 17.2. The Hall–Kier alpha value is -2.43. The summed E-state index contributed by atoms with van der Waals surface area (Å²) < 4.78 is 19.4. The molecule has 0 fully saturated rings. The van der Waals surface area contributed by atoms with Crippen LogP contribution in [0.2, 0.25) is 0 Å². The van der Waals surface area contributed by atoms with Crippen molar-refractivity contribution in [3.8, 4) is 17.0 Å². The second kappa shape index (κ2) is 5.78. The molecule has 0 unspecified atom stereocenters. The van der Waals surface area contributed by atoms with Gasteiger partial charge in [-0.25, -0.2) is 9.37 Å². The van der Waals surface area contributed by atoms with Gasteiger partial charge in [0.05, 0.1) is 24.3 Å². The number of nitrogens with one attached hydrogen (secondary N) is 1. The van der Waals surface area contributed by atoms with Crippen LogP contribution < -0.4 is 10.1 Å². The molecular formula is C22H25FN2O2. The third-order valence-electron chi connectivity index (χ3n) is 5.95. The molecule has 0 bridgehead atoms. The predicted molar refractivity (Wildman–Crippen MR) is 104 cm³/mol. The highest BCUT2D eigenvalue weighted by atomic mass is 19.1. The lowest BCUT2D eigenvalue weighted by Crippen LogP contribution is -2.53. The first-order valence-electron chi connectivity index (χ1n) is 9.39. The van der Waals surface area contributed by atoms with Crippen LogP contribution in [0.4, 0.5) is 10.1 Å². The van der Waals surface area contributed by atoms with Crippen molar-refractivity contribution in [2.24, 2.45) is 0 Å². The van der Waals surface area contributed by atoms with Gasteiger partial charge in [0.15, 0.2) is 5.78 Å². The molecule has 1 aliphatic carbocycles. The summed E-state index contributed by atoms with van der Waals surface area (Å²) in [6.45, 7) is 7.83. The minimum atomic E-state index is -0.634. The zero-order valence-electron chi connectivity index (χ0n) is 16.5. The number of methoxy groups -OCH3 is 1. The molecule has 1 aliphatic heterocycles. The first-order valence-corrected chi connectivity index (χ1v) is 9.39. The maximum Gasteiger partial charge on any atom is 0.221 e. The monoisotopic (exact) mass is 368 g/mol. The number of carbonyl (C=O) groups is 1. The van der Waals surface area contributed by atoms with Gasteiger partial charge in [-0.1, -0.05) is 0 Å². The Morgan fingerprint density at radius 3 is 2.52 bits per heavy atom. The largest absolute Gasteiger partial charge is 0.481 e. The number of Topliss-reactive ketones (excluding diaryl/α,β-unsaturated/α-hetero) is 1. The summed E-state index contributed by atoms with van der Waals surface area (Å²) in [5.41, 5.74) is 4.80. The summed E-state index contributed by atoms with van der Waals surface area (Å²) in [7, 11) is 1.54. The van der Waals surface area contributed by atoms with E-state index in [0.717, 1.165) is 36.1 Å². The Bertz CT molecular complexity index is 963. The van der Waals surface area contributed by atoms with Crippen molar-refractivity contribution in [3.63, 3.8) is 0 Å². The van der Waals surface area contributed by atoms with E-state index in [4.69, 9.17) is 4.74 Å². The molecule has 0 spiro atoms. The van der Waals surface area contributed by atoms with Crippen LogP contribution in [0.3, 0.4) is 0 Å².